The standard InChI is InChI=1S/C28H46B10ClN5O3S/c1-13(2)48(45,46)20-9-7-6-8-17(20)41-21-16(39)12-40-22(43-21)42-18-10-14(3)15(11-19(18)47-23(4,5)29)24(30)25(31,32)27(35,36)44-28(37,38)26(24,33)34/h6-13,44H,29-38H2,1-5H3,(H2,40,41,42,43). The van der Waals surface area contributed by atoms with Crippen molar-refractivity contribution < 1.29 is 13.2 Å². The summed E-state index contributed by atoms with van der Waals surface area (Å²) in [6, 6.07) is 11.1. The zero-order valence-electron chi connectivity index (χ0n) is 31.5. The number of nitrogens with zero attached hydrogens (tertiary/aromatic N) is 2. The topological polar surface area (TPSA) is 105 Å². The van der Waals surface area contributed by atoms with Crippen LogP contribution in [0.15, 0.2) is 47.5 Å². The van der Waals surface area contributed by atoms with Gasteiger partial charge in [-0.3, -0.25) is 0 Å². The number of piperidine rings is 1. The predicted molar refractivity (Wildman–Crippen MR) is 229 cm³/mol. The van der Waals surface area contributed by atoms with Gasteiger partial charge < -0.3 is 20.7 Å². The lowest BCUT2D eigenvalue weighted by Crippen LogP contribution is -2.82. The van der Waals surface area contributed by atoms with Gasteiger partial charge in [-0.1, -0.05) is 44.8 Å². The largest absolute Gasteiger partial charge is 0.495 e. The number of sulfone groups is 1. The van der Waals surface area contributed by atoms with Crippen molar-refractivity contribution in [3.05, 3.63) is 58.7 Å². The van der Waals surface area contributed by atoms with E-state index in [1.807, 2.05) is 21.7 Å². The highest BCUT2D eigenvalue weighted by Gasteiger charge is 2.65. The van der Waals surface area contributed by atoms with E-state index in [0.717, 1.165) is 5.56 Å². The SMILES string of the molecule is BC(C)(C)Oc1cc(C2(B)C(B)(B)C(B)(B)NC(B)(B)C2(B)B)c(C)cc1Nc1ncc(Cl)c(Nc2ccccc2S(=O)(=O)C(C)C)n1. The summed E-state index contributed by atoms with van der Waals surface area (Å²) in [5.74, 6) is 1.25. The molecule has 4 rings (SSSR count). The molecule has 0 aliphatic carbocycles. The molecule has 1 saturated heterocycles. The maximum atomic E-state index is 13.1. The van der Waals surface area contributed by atoms with Crippen molar-refractivity contribution in [2.75, 3.05) is 10.6 Å². The van der Waals surface area contributed by atoms with Crippen molar-refractivity contribution in [3.8, 4) is 5.75 Å². The van der Waals surface area contributed by atoms with E-state index in [4.69, 9.17) is 16.3 Å². The van der Waals surface area contributed by atoms with E-state index in [0.29, 0.717) is 17.1 Å². The molecule has 2 heterocycles. The van der Waals surface area contributed by atoms with Crippen LogP contribution in [-0.2, 0) is 15.2 Å². The van der Waals surface area contributed by atoms with Crippen LogP contribution in [0.25, 0.3) is 0 Å². The zero-order valence-corrected chi connectivity index (χ0v) is 33.1. The monoisotopic (exact) mass is 677 g/mol. The maximum absolute atomic E-state index is 13.1. The first kappa shape index (κ1) is 38.6. The summed E-state index contributed by atoms with van der Waals surface area (Å²) in [5.41, 5.74) is 2.97. The number of hydrogen-bond acceptors (Lipinski definition) is 8. The predicted octanol–water partition coefficient (Wildman–Crippen LogP) is -4.11. The Bertz CT molecular complexity index is 1810. The molecule has 20 heteroatoms. The summed E-state index contributed by atoms with van der Waals surface area (Å²) in [5, 5.41) is 9.21. The van der Waals surface area contributed by atoms with Crippen LogP contribution in [0.2, 0.25) is 15.5 Å². The van der Waals surface area contributed by atoms with Crippen molar-refractivity contribution in [1.82, 2.24) is 15.3 Å². The zero-order chi connectivity index (χ0) is 36.5. The molecule has 1 aromatic heterocycles. The number of aromatic nitrogens is 2. The van der Waals surface area contributed by atoms with E-state index < -0.39 is 20.6 Å². The summed E-state index contributed by atoms with van der Waals surface area (Å²) >= 11 is 6.55. The quantitative estimate of drug-likeness (QED) is 0.197. The second-order valence-corrected chi connectivity index (χ2v) is 19.7. The lowest BCUT2D eigenvalue weighted by molar-refractivity contribution is 0.198. The molecule has 2 aromatic carbocycles. The van der Waals surface area contributed by atoms with Gasteiger partial charge in [0, 0.05) is 0 Å². The van der Waals surface area contributed by atoms with Gasteiger partial charge in [-0.2, -0.15) is 4.98 Å². The normalized spacial score (nSPS) is 19.3. The molecule has 3 aromatic rings. The van der Waals surface area contributed by atoms with Gasteiger partial charge in [0.05, 0.1) is 64.6 Å². The number of hydrogen-bond donors (Lipinski definition) is 3. The van der Waals surface area contributed by atoms with Crippen molar-refractivity contribution in [2.24, 2.45) is 0 Å². The number of halogens is 1. The number of aryl methyl sites for hydroxylation is 1. The molecule has 8 nitrogen and oxygen atoms in total. The third-order valence-electron chi connectivity index (χ3n) is 11.6. The van der Waals surface area contributed by atoms with Gasteiger partial charge in [0.1, 0.15) is 50.0 Å². The number of para-hydroxylation sites is 1. The highest BCUT2D eigenvalue weighted by Crippen LogP contribution is 2.64. The molecular formula is C28H46B10ClN5O3S. The lowest BCUT2D eigenvalue weighted by Gasteiger charge is -2.73. The fourth-order valence-electron chi connectivity index (χ4n) is 7.37. The van der Waals surface area contributed by atoms with Gasteiger partial charge in [0.2, 0.25) is 5.95 Å². The number of nitrogens with one attached hydrogen (secondary N) is 3. The Kier molecular flexibility index (Phi) is 10.1. The molecule has 0 amide bonds. The Hall–Kier alpha value is -2.23. The first-order chi connectivity index (χ1) is 21.7. The Morgan fingerprint density at radius 1 is 0.917 bits per heavy atom. The van der Waals surface area contributed by atoms with E-state index in [1.54, 1.807) is 38.1 Å². The molecule has 1 fully saturated rings. The average Bonchev–Trinajstić information content (AvgIpc) is 2.93. The number of benzene rings is 2. The Labute approximate surface area is 302 Å². The lowest BCUT2D eigenvalue weighted by atomic mass is 9.09. The summed E-state index contributed by atoms with van der Waals surface area (Å²) < 4.78 is 32.9. The fourth-order valence-corrected chi connectivity index (χ4v) is 8.71. The first-order valence-corrected chi connectivity index (χ1v) is 18.6. The number of rotatable bonds is 9. The van der Waals surface area contributed by atoms with E-state index in [-0.39, 0.29) is 48.1 Å². The van der Waals surface area contributed by atoms with E-state index >= 15 is 0 Å². The molecule has 0 unspecified atom stereocenters. The van der Waals surface area contributed by atoms with Gasteiger partial charge in [-0.25, -0.2) is 13.4 Å². The fraction of sp³-hybridized carbons (Fsp3) is 0.429. The summed E-state index contributed by atoms with van der Waals surface area (Å²) in [7, 11) is 19.6. The average molecular weight is 676 g/mol. The van der Waals surface area contributed by atoms with Crippen LogP contribution in [0.3, 0.4) is 0 Å². The van der Waals surface area contributed by atoms with Crippen molar-refractivity contribution in [2.45, 2.75) is 76.7 Å². The van der Waals surface area contributed by atoms with E-state index in [2.05, 4.69) is 116 Å². The van der Waals surface area contributed by atoms with Crippen LogP contribution < -0.4 is 20.7 Å². The molecule has 3 N–H and O–H groups in total. The first-order valence-electron chi connectivity index (χ1n) is 16.7. The molecule has 0 spiro atoms. The second-order valence-electron chi connectivity index (χ2n) is 16.9. The highest BCUT2D eigenvalue weighted by atomic mass is 35.5. The van der Waals surface area contributed by atoms with E-state index in [9.17, 15) is 8.42 Å². The molecule has 1 aliphatic rings. The van der Waals surface area contributed by atoms with Gasteiger partial charge in [0.15, 0.2) is 23.5 Å². The molecular weight excluding hydrogens is 630 g/mol. The van der Waals surface area contributed by atoms with Crippen LogP contribution in [0.1, 0.15) is 38.8 Å². The van der Waals surface area contributed by atoms with Gasteiger partial charge >= 0.3 is 0 Å². The Balaban J connectivity index is 1.85. The smallest absolute Gasteiger partial charge is 0.229 e. The molecule has 1 aliphatic heterocycles. The van der Waals surface area contributed by atoms with E-state index in [1.165, 1.54) is 11.8 Å². The van der Waals surface area contributed by atoms with Crippen molar-refractivity contribution in [3.63, 3.8) is 0 Å². The van der Waals surface area contributed by atoms with Gasteiger partial charge in [-0.15, -0.1) is 0 Å². The summed E-state index contributed by atoms with van der Waals surface area (Å²) in [6.45, 7) is 9.54. The van der Waals surface area contributed by atoms with Crippen LogP contribution in [0, 0.1) is 6.92 Å². The van der Waals surface area contributed by atoms with Gasteiger partial charge in [0.25, 0.3) is 0 Å². The van der Waals surface area contributed by atoms with Crippen LogP contribution >= 0.6 is 11.6 Å². The minimum absolute atomic E-state index is 0.170. The maximum Gasteiger partial charge on any atom is 0.229 e. The minimum Gasteiger partial charge on any atom is -0.495 e. The molecule has 0 atom stereocenters. The minimum atomic E-state index is -3.56. The summed E-state index contributed by atoms with van der Waals surface area (Å²) in [6.07, 6.45) is 1.50. The van der Waals surface area contributed by atoms with Crippen LogP contribution in [0.4, 0.5) is 23.1 Å². The van der Waals surface area contributed by atoms with Crippen LogP contribution in [0.5, 0.6) is 5.75 Å². The van der Waals surface area contributed by atoms with Crippen LogP contribution in [-0.4, -0.2) is 118 Å². The Morgan fingerprint density at radius 3 is 2.02 bits per heavy atom. The third kappa shape index (κ3) is 6.53. The highest BCUT2D eigenvalue weighted by molar-refractivity contribution is 7.92. The third-order valence-corrected chi connectivity index (χ3v) is 14.1. The summed E-state index contributed by atoms with van der Waals surface area (Å²) in [4.78, 5) is 9.34. The second kappa shape index (κ2) is 12.5. The molecule has 0 radical (unpaired) electrons. The molecule has 0 saturated carbocycles. The molecule has 0 bridgehead atoms. The van der Waals surface area contributed by atoms with Gasteiger partial charge in [-0.05, 0) is 75.3 Å². The molecule has 48 heavy (non-hydrogen) atoms. The van der Waals surface area contributed by atoms with Crippen molar-refractivity contribution >= 4 is 123 Å². The number of ether oxygens (including phenoxy) is 1. The Morgan fingerprint density at radius 2 is 1.48 bits per heavy atom. The van der Waals surface area contributed by atoms with Crippen molar-refractivity contribution in [1.29, 1.82) is 0 Å². The molecule has 244 valence electrons. The number of anilines is 4.